The van der Waals surface area contributed by atoms with E-state index in [9.17, 15) is 4.39 Å². The van der Waals surface area contributed by atoms with Crippen molar-refractivity contribution in [1.29, 1.82) is 0 Å². The molecule has 0 atom stereocenters. The predicted molar refractivity (Wildman–Crippen MR) is 75.8 cm³/mol. The van der Waals surface area contributed by atoms with E-state index in [2.05, 4.69) is 15.5 Å². The fourth-order valence-corrected chi connectivity index (χ4v) is 2.14. The van der Waals surface area contributed by atoms with Gasteiger partial charge in [-0.15, -0.1) is 5.10 Å². The molecule has 0 bridgehead atoms. The van der Waals surface area contributed by atoms with Gasteiger partial charge in [0.15, 0.2) is 5.82 Å². The normalized spacial score (nSPS) is 14.5. The maximum Gasteiger partial charge on any atom is 0.184 e. The number of halogens is 1. The third kappa shape index (κ3) is 3.55. The molecule has 112 valence electrons. The van der Waals surface area contributed by atoms with Gasteiger partial charge in [0.25, 0.3) is 0 Å². The van der Waals surface area contributed by atoms with Crippen LogP contribution in [0.3, 0.4) is 0 Å². The Balaban J connectivity index is 1.60. The Bertz CT molecular complexity index is 611. The molecule has 2 aromatic rings. The van der Waals surface area contributed by atoms with Gasteiger partial charge in [-0.3, -0.25) is 0 Å². The van der Waals surface area contributed by atoms with E-state index in [4.69, 9.17) is 10.5 Å². The summed E-state index contributed by atoms with van der Waals surface area (Å²) in [5.74, 6) is 0.950. The van der Waals surface area contributed by atoms with Crippen LogP contribution in [0.25, 0.3) is 11.4 Å². The highest BCUT2D eigenvalue weighted by atomic mass is 19.1. The standard InChI is InChI=1S/C14H18FN5O/c15-11-4-5-12(13(16)8-11)14-17-18-19-20(14)6-1-7-21-9-10-2-3-10/h4-5,8,10H,1-3,6-7,9,16H2. The molecule has 1 heterocycles. The van der Waals surface area contributed by atoms with Crippen molar-refractivity contribution >= 4 is 5.69 Å². The first kappa shape index (κ1) is 13.9. The van der Waals surface area contributed by atoms with Crippen LogP contribution in [-0.4, -0.2) is 33.4 Å². The molecule has 0 spiro atoms. The maximum absolute atomic E-state index is 13.1. The molecule has 0 amide bonds. The van der Waals surface area contributed by atoms with Gasteiger partial charge < -0.3 is 10.5 Å². The third-order valence-electron chi connectivity index (χ3n) is 3.50. The van der Waals surface area contributed by atoms with Gasteiger partial charge in [-0.05, 0) is 53.8 Å². The summed E-state index contributed by atoms with van der Waals surface area (Å²) >= 11 is 0. The summed E-state index contributed by atoms with van der Waals surface area (Å²) in [5, 5.41) is 11.6. The first-order chi connectivity index (χ1) is 10.2. The van der Waals surface area contributed by atoms with Crippen molar-refractivity contribution in [1.82, 2.24) is 20.2 Å². The van der Waals surface area contributed by atoms with Crippen LogP contribution in [0.1, 0.15) is 19.3 Å². The summed E-state index contributed by atoms with van der Waals surface area (Å²) in [6.45, 7) is 2.19. The van der Waals surface area contributed by atoms with Gasteiger partial charge in [0.2, 0.25) is 0 Å². The Hall–Kier alpha value is -2.02. The van der Waals surface area contributed by atoms with Crippen molar-refractivity contribution in [2.45, 2.75) is 25.8 Å². The second-order valence-corrected chi connectivity index (χ2v) is 5.33. The van der Waals surface area contributed by atoms with Crippen LogP contribution in [0.15, 0.2) is 18.2 Å². The van der Waals surface area contributed by atoms with Gasteiger partial charge in [-0.1, -0.05) is 0 Å². The Morgan fingerprint density at radius 1 is 1.38 bits per heavy atom. The number of hydrogen-bond donors (Lipinski definition) is 1. The largest absolute Gasteiger partial charge is 0.398 e. The number of anilines is 1. The molecule has 1 aromatic heterocycles. The van der Waals surface area contributed by atoms with E-state index in [1.54, 1.807) is 10.7 Å². The van der Waals surface area contributed by atoms with E-state index in [1.165, 1.54) is 25.0 Å². The molecule has 0 aliphatic heterocycles. The van der Waals surface area contributed by atoms with Crippen LogP contribution in [0.2, 0.25) is 0 Å². The van der Waals surface area contributed by atoms with Crippen LogP contribution in [0, 0.1) is 11.7 Å². The summed E-state index contributed by atoms with van der Waals surface area (Å²) in [5.41, 5.74) is 6.79. The lowest BCUT2D eigenvalue weighted by molar-refractivity contribution is 0.118. The lowest BCUT2D eigenvalue weighted by atomic mass is 10.1. The zero-order chi connectivity index (χ0) is 14.7. The zero-order valence-corrected chi connectivity index (χ0v) is 11.7. The third-order valence-corrected chi connectivity index (χ3v) is 3.50. The van der Waals surface area contributed by atoms with Crippen LogP contribution in [0.5, 0.6) is 0 Å². The summed E-state index contributed by atoms with van der Waals surface area (Å²) in [4.78, 5) is 0. The van der Waals surface area contributed by atoms with Crippen LogP contribution in [0.4, 0.5) is 10.1 Å². The smallest absolute Gasteiger partial charge is 0.184 e. The first-order valence-electron chi connectivity index (χ1n) is 7.13. The van der Waals surface area contributed by atoms with Gasteiger partial charge in [-0.2, -0.15) is 0 Å². The minimum absolute atomic E-state index is 0.330. The summed E-state index contributed by atoms with van der Waals surface area (Å²) in [7, 11) is 0. The molecule has 2 N–H and O–H groups in total. The monoisotopic (exact) mass is 291 g/mol. The fraction of sp³-hybridized carbons (Fsp3) is 0.500. The highest BCUT2D eigenvalue weighted by molar-refractivity contribution is 5.71. The van der Waals surface area contributed by atoms with Crippen LogP contribution in [-0.2, 0) is 11.3 Å². The molecular weight excluding hydrogens is 273 g/mol. The molecule has 1 fully saturated rings. The molecule has 0 unspecified atom stereocenters. The lowest BCUT2D eigenvalue weighted by Crippen LogP contribution is -2.08. The Morgan fingerprint density at radius 3 is 3.00 bits per heavy atom. The molecule has 0 radical (unpaired) electrons. The van der Waals surface area contributed by atoms with Crippen molar-refractivity contribution in [3.63, 3.8) is 0 Å². The topological polar surface area (TPSA) is 78.9 Å². The van der Waals surface area contributed by atoms with Crippen molar-refractivity contribution in [2.75, 3.05) is 18.9 Å². The molecule has 3 rings (SSSR count). The fourth-order valence-electron chi connectivity index (χ4n) is 2.14. The van der Waals surface area contributed by atoms with Gasteiger partial charge in [-0.25, -0.2) is 9.07 Å². The highest BCUT2D eigenvalue weighted by Gasteiger charge is 2.21. The number of nitrogens with zero attached hydrogens (tertiary/aromatic N) is 4. The number of aromatic nitrogens is 4. The molecule has 6 nitrogen and oxygen atoms in total. The average molecular weight is 291 g/mol. The number of ether oxygens (including phenoxy) is 1. The van der Waals surface area contributed by atoms with Crippen LogP contribution < -0.4 is 5.73 Å². The molecule has 1 aliphatic carbocycles. The van der Waals surface area contributed by atoms with Crippen molar-refractivity contribution < 1.29 is 9.13 Å². The van der Waals surface area contributed by atoms with E-state index < -0.39 is 0 Å². The maximum atomic E-state index is 13.1. The minimum Gasteiger partial charge on any atom is -0.398 e. The molecule has 1 saturated carbocycles. The molecule has 1 aliphatic rings. The summed E-state index contributed by atoms with van der Waals surface area (Å²) in [6, 6.07) is 4.22. The number of tetrazole rings is 1. The number of hydrogen-bond acceptors (Lipinski definition) is 5. The second kappa shape index (κ2) is 6.17. The predicted octanol–water partition coefficient (Wildman–Crippen LogP) is 1.88. The molecule has 21 heavy (non-hydrogen) atoms. The van der Waals surface area contributed by atoms with E-state index >= 15 is 0 Å². The average Bonchev–Trinajstić information content (AvgIpc) is 3.17. The molecule has 0 saturated heterocycles. The number of nitrogens with two attached hydrogens (primary N) is 1. The van der Waals surface area contributed by atoms with Crippen molar-refractivity contribution in [3.05, 3.63) is 24.0 Å². The first-order valence-corrected chi connectivity index (χ1v) is 7.13. The Morgan fingerprint density at radius 2 is 2.24 bits per heavy atom. The van der Waals surface area contributed by atoms with E-state index in [-0.39, 0.29) is 5.82 Å². The Kier molecular flexibility index (Phi) is 4.10. The quantitative estimate of drug-likeness (QED) is 0.622. The summed E-state index contributed by atoms with van der Waals surface area (Å²) < 4.78 is 20.3. The SMILES string of the molecule is Nc1cc(F)ccc1-c1nnnn1CCCOCC1CC1. The second-order valence-electron chi connectivity index (χ2n) is 5.33. The Labute approximate surface area is 122 Å². The minimum atomic E-state index is -0.372. The van der Waals surface area contributed by atoms with Gasteiger partial charge >= 0.3 is 0 Å². The van der Waals surface area contributed by atoms with Gasteiger partial charge in [0.1, 0.15) is 5.82 Å². The van der Waals surface area contributed by atoms with Gasteiger partial charge in [0.05, 0.1) is 0 Å². The lowest BCUT2D eigenvalue weighted by Gasteiger charge is -2.07. The number of aryl methyl sites for hydroxylation is 1. The highest BCUT2D eigenvalue weighted by Crippen LogP contribution is 2.28. The number of nitrogen functional groups attached to an aromatic ring is 1. The molecule has 1 aromatic carbocycles. The summed E-state index contributed by atoms with van der Waals surface area (Å²) in [6.07, 6.45) is 3.41. The van der Waals surface area contributed by atoms with Crippen molar-refractivity contribution in [3.8, 4) is 11.4 Å². The molecule has 7 heteroatoms. The van der Waals surface area contributed by atoms with Gasteiger partial charge in [0, 0.05) is 31.0 Å². The van der Waals surface area contributed by atoms with E-state index in [0.29, 0.717) is 30.2 Å². The van der Waals surface area contributed by atoms with E-state index in [1.807, 2.05) is 0 Å². The zero-order valence-electron chi connectivity index (χ0n) is 11.7. The number of rotatable bonds is 7. The van der Waals surface area contributed by atoms with Crippen LogP contribution >= 0.6 is 0 Å². The number of benzene rings is 1. The van der Waals surface area contributed by atoms with Crippen molar-refractivity contribution in [2.24, 2.45) is 5.92 Å². The molecular formula is C14H18FN5O. The van der Waals surface area contributed by atoms with E-state index in [0.717, 1.165) is 18.9 Å².